The summed E-state index contributed by atoms with van der Waals surface area (Å²) in [5.41, 5.74) is 2.08. The molecule has 1 heterocycles. The van der Waals surface area contributed by atoms with Crippen LogP contribution in [0.25, 0.3) is 0 Å². The van der Waals surface area contributed by atoms with Crippen molar-refractivity contribution in [1.82, 2.24) is 4.98 Å². The maximum atomic E-state index is 11.9. The molecule has 0 saturated heterocycles. The van der Waals surface area contributed by atoms with Gasteiger partial charge in [-0.1, -0.05) is 6.07 Å². The fourth-order valence-corrected chi connectivity index (χ4v) is 2.26. The first kappa shape index (κ1) is 12.6. The highest BCUT2D eigenvalue weighted by molar-refractivity contribution is 7.15. The molecule has 2 rings (SSSR count). The molecule has 0 aliphatic carbocycles. The highest BCUT2D eigenvalue weighted by Gasteiger charge is 2.11. The molecule has 0 bridgehead atoms. The van der Waals surface area contributed by atoms with Crippen molar-refractivity contribution in [3.63, 3.8) is 0 Å². The molecule has 0 atom stereocenters. The van der Waals surface area contributed by atoms with Crippen LogP contribution in [0, 0.1) is 20.8 Å². The third kappa shape index (κ3) is 2.51. The molecule has 0 fully saturated rings. The first-order valence-electron chi connectivity index (χ1n) is 5.52. The summed E-state index contributed by atoms with van der Waals surface area (Å²) in [6.45, 7) is 5.64. The Kier molecular flexibility index (Phi) is 3.34. The number of amides is 1. The van der Waals surface area contributed by atoms with Crippen LogP contribution in [0.15, 0.2) is 18.2 Å². The van der Waals surface area contributed by atoms with Gasteiger partial charge in [-0.2, -0.15) is 0 Å². The molecule has 1 amide bonds. The number of nitrogens with zero attached hydrogens (tertiary/aromatic N) is 1. The molecule has 0 aliphatic heterocycles. The number of rotatable bonds is 2. The van der Waals surface area contributed by atoms with Crippen LogP contribution in [-0.2, 0) is 0 Å². The predicted octanol–water partition coefficient (Wildman–Crippen LogP) is 3.03. The lowest BCUT2D eigenvalue weighted by atomic mass is 10.1. The van der Waals surface area contributed by atoms with E-state index in [1.807, 2.05) is 13.8 Å². The summed E-state index contributed by atoms with van der Waals surface area (Å²) in [5, 5.41) is 12.9. The second-order valence-corrected chi connectivity index (χ2v) is 5.32. The van der Waals surface area contributed by atoms with Crippen molar-refractivity contribution >= 4 is 22.4 Å². The average molecular weight is 262 g/mol. The van der Waals surface area contributed by atoms with Crippen molar-refractivity contribution in [3.8, 4) is 5.75 Å². The fourth-order valence-electron chi connectivity index (χ4n) is 1.45. The van der Waals surface area contributed by atoms with E-state index < -0.39 is 0 Å². The van der Waals surface area contributed by atoms with Crippen molar-refractivity contribution < 1.29 is 9.90 Å². The zero-order valence-corrected chi connectivity index (χ0v) is 11.3. The smallest absolute Gasteiger partial charge is 0.257 e. The summed E-state index contributed by atoms with van der Waals surface area (Å²) in [4.78, 5) is 17.3. The van der Waals surface area contributed by atoms with Gasteiger partial charge in [0.1, 0.15) is 5.75 Å². The van der Waals surface area contributed by atoms with Gasteiger partial charge < -0.3 is 5.11 Å². The van der Waals surface area contributed by atoms with Crippen LogP contribution in [0.4, 0.5) is 5.13 Å². The third-order valence-corrected chi connectivity index (χ3v) is 3.71. The zero-order valence-electron chi connectivity index (χ0n) is 10.4. The van der Waals surface area contributed by atoms with Crippen molar-refractivity contribution in [2.24, 2.45) is 0 Å². The number of carbonyl (C=O) groups is 1. The lowest BCUT2D eigenvalue weighted by molar-refractivity contribution is 0.102. The number of anilines is 1. The van der Waals surface area contributed by atoms with Crippen LogP contribution in [-0.4, -0.2) is 16.0 Å². The van der Waals surface area contributed by atoms with Crippen LogP contribution < -0.4 is 5.32 Å². The van der Waals surface area contributed by atoms with E-state index in [9.17, 15) is 9.90 Å². The van der Waals surface area contributed by atoms with Crippen LogP contribution in [0.1, 0.15) is 26.5 Å². The van der Waals surface area contributed by atoms with Gasteiger partial charge in [-0.3, -0.25) is 10.1 Å². The second-order valence-electron chi connectivity index (χ2n) is 4.12. The number of hydrogen-bond donors (Lipinski definition) is 2. The number of aromatic nitrogens is 1. The van der Waals surface area contributed by atoms with E-state index in [0.717, 1.165) is 16.1 Å². The Bertz CT molecular complexity index is 586. The number of carbonyl (C=O) groups excluding carboxylic acids is 1. The molecule has 2 N–H and O–H groups in total. The average Bonchev–Trinajstić information content (AvgIpc) is 2.61. The molecule has 18 heavy (non-hydrogen) atoms. The molecule has 94 valence electrons. The SMILES string of the molecule is Cc1ccc(C(=O)Nc2nc(C)c(C)s2)cc1O. The van der Waals surface area contributed by atoms with E-state index in [0.29, 0.717) is 10.7 Å². The summed E-state index contributed by atoms with van der Waals surface area (Å²) >= 11 is 1.44. The normalized spacial score (nSPS) is 10.4. The minimum Gasteiger partial charge on any atom is -0.508 e. The first-order valence-corrected chi connectivity index (χ1v) is 6.34. The highest BCUT2D eigenvalue weighted by atomic mass is 32.1. The molecule has 2 aromatic rings. The molecule has 0 spiro atoms. The first-order chi connectivity index (χ1) is 8.47. The van der Waals surface area contributed by atoms with Crippen LogP contribution in [0.5, 0.6) is 5.75 Å². The maximum Gasteiger partial charge on any atom is 0.257 e. The summed E-state index contributed by atoms with van der Waals surface area (Å²) in [7, 11) is 0. The number of phenolic OH excluding ortho intramolecular Hbond substituents is 1. The van der Waals surface area contributed by atoms with Gasteiger partial charge in [-0.15, -0.1) is 11.3 Å². The Labute approximate surface area is 109 Å². The topological polar surface area (TPSA) is 62.2 Å². The van der Waals surface area contributed by atoms with E-state index in [1.54, 1.807) is 19.1 Å². The Morgan fingerprint density at radius 1 is 1.33 bits per heavy atom. The number of thiazole rings is 1. The summed E-state index contributed by atoms with van der Waals surface area (Å²) < 4.78 is 0. The monoisotopic (exact) mass is 262 g/mol. The zero-order chi connectivity index (χ0) is 13.3. The number of benzene rings is 1. The molecule has 1 aromatic heterocycles. The van der Waals surface area contributed by atoms with Gasteiger partial charge >= 0.3 is 0 Å². The minimum absolute atomic E-state index is 0.120. The Morgan fingerprint density at radius 2 is 2.06 bits per heavy atom. The fraction of sp³-hybridized carbons (Fsp3) is 0.231. The van der Waals surface area contributed by atoms with E-state index in [2.05, 4.69) is 10.3 Å². The summed E-state index contributed by atoms with van der Waals surface area (Å²) in [5.74, 6) is -0.145. The van der Waals surface area contributed by atoms with Crippen molar-refractivity contribution in [3.05, 3.63) is 39.9 Å². The summed E-state index contributed by atoms with van der Waals surface area (Å²) in [6, 6.07) is 4.85. The van der Waals surface area contributed by atoms with E-state index in [1.165, 1.54) is 17.4 Å². The molecular formula is C13H14N2O2S. The Balaban J connectivity index is 2.19. The Hall–Kier alpha value is -1.88. The van der Waals surface area contributed by atoms with E-state index in [-0.39, 0.29) is 11.7 Å². The standard InChI is InChI=1S/C13H14N2O2S/c1-7-4-5-10(6-11(7)16)12(17)15-13-14-8(2)9(3)18-13/h4-6,16H,1-3H3,(H,14,15,17). The second kappa shape index (κ2) is 4.78. The lowest BCUT2D eigenvalue weighted by Gasteiger charge is -2.03. The number of phenols is 1. The molecule has 0 radical (unpaired) electrons. The molecule has 5 heteroatoms. The maximum absolute atomic E-state index is 11.9. The number of hydrogen-bond acceptors (Lipinski definition) is 4. The molecule has 4 nitrogen and oxygen atoms in total. The molecule has 0 saturated carbocycles. The summed E-state index contributed by atoms with van der Waals surface area (Å²) in [6.07, 6.45) is 0. The van der Waals surface area contributed by atoms with Gasteiger partial charge in [-0.25, -0.2) is 4.98 Å². The minimum atomic E-state index is -0.265. The van der Waals surface area contributed by atoms with E-state index in [4.69, 9.17) is 0 Å². The van der Waals surface area contributed by atoms with Crippen molar-refractivity contribution in [2.75, 3.05) is 5.32 Å². The van der Waals surface area contributed by atoms with Gasteiger partial charge in [0.2, 0.25) is 0 Å². The number of nitrogens with one attached hydrogen (secondary N) is 1. The quantitative estimate of drug-likeness (QED) is 0.874. The Morgan fingerprint density at radius 3 is 2.61 bits per heavy atom. The molecule has 0 unspecified atom stereocenters. The van der Waals surface area contributed by atoms with Crippen LogP contribution >= 0.6 is 11.3 Å². The van der Waals surface area contributed by atoms with Crippen molar-refractivity contribution in [1.29, 1.82) is 0 Å². The van der Waals surface area contributed by atoms with Gasteiger partial charge in [0.25, 0.3) is 5.91 Å². The molecule has 0 aliphatic rings. The molecule has 1 aromatic carbocycles. The highest BCUT2D eigenvalue weighted by Crippen LogP contribution is 2.23. The van der Waals surface area contributed by atoms with Gasteiger partial charge in [0, 0.05) is 10.4 Å². The van der Waals surface area contributed by atoms with Gasteiger partial charge in [0.15, 0.2) is 5.13 Å². The van der Waals surface area contributed by atoms with E-state index >= 15 is 0 Å². The largest absolute Gasteiger partial charge is 0.508 e. The lowest BCUT2D eigenvalue weighted by Crippen LogP contribution is -2.11. The van der Waals surface area contributed by atoms with Crippen LogP contribution in [0.2, 0.25) is 0 Å². The predicted molar refractivity (Wildman–Crippen MR) is 72.4 cm³/mol. The third-order valence-electron chi connectivity index (χ3n) is 2.72. The van der Waals surface area contributed by atoms with Crippen LogP contribution in [0.3, 0.4) is 0 Å². The van der Waals surface area contributed by atoms with Gasteiger partial charge in [-0.05, 0) is 38.5 Å². The van der Waals surface area contributed by atoms with Gasteiger partial charge in [0.05, 0.1) is 5.69 Å². The number of aryl methyl sites for hydroxylation is 3. The van der Waals surface area contributed by atoms with Crippen molar-refractivity contribution in [2.45, 2.75) is 20.8 Å². The number of aromatic hydroxyl groups is 1. The molecular weight excluding hydrogens is 248 g/mol.